The normalized spacial score (nSPS) is 13.1. The van der Waals surface area contributed by atoms with E-state index in [1.165, 1.54) is 0 Å². The van der Waals surface area contributed by atoms with Crippen LogP contribution < -0.4 is 0 Å². The van der Waals surface area contributed by atoms with Crippen molar-refractivity contribution in [1.29, 1.82) is 0 Å². The number of hydrogen-bond donors (Lipinski definition) is 1. The fraction of sp³-hybridized carbons (Fsp3) is 0.889. The average molecular weight is 190 g/mol. The zero-order valence-corrected chi connectivity index (χ0v) is 9.29. The van der Waals surface area contributed by atoms with Gasteiger partial charge in [-0.15, -0.1) is 0 Å². The fourth-order valence-corrected chi connectivity index (χ4v) is 1.91. The maximum Gasteiger partial charge on any atom is 0.309 e. The van der Waals surface area contributed by atoms with Crippen molar-refractivity contribution in [2.45, 2.75) is 27.7 Å². The molecule has 0 aliphatic carbocycles. The Bertz CT molecular complexity index is 173. The molecule has 0 amide bonds. The van der Waals surface area contributed by atoms with Crippen molar-refractivity contribution < 1.29 is 9.90 Å². The van der Waals surface area contributed by atoms with E-state index in [4.69, 9.17) is 5.11 Å². The summed E-state index contributed by atoms with van der Waals surface area (Å²) in [6, 6.07) is 0. The van der Waals surface area contributed by atoms with Crippen molar-refractivity contribution in [2.75, 3.05) is 12.0 Å². The summed E-state index contributed by atoms with van der Waals surface area (Å²) in [5, 5.41) is 8.99. The molecule has 0 rings (SSSR count). The van der Waals surface area contributed by atoms with Gasteiger partial charge in [0.25, 0.3) is 0 Å². The van der Waals surface area contributed by atoms with E-state index in [0.29, 0.717) is 0 Å². The number of rotatable bonds is 4. The van der Waals surface area contributed by atoms with Crippen molar-refractivity contribution in [3.63, 3.8) is 0 Å². The molecule has 0 spiro atoms. The van der Waals surface area contributed by atoms with E-state index in [-0.39, 0.29) is 5.41 Å². The fourth-order valence-electron chi connectivity index (χ4n) is 0.831. The van der Waals surface area contributed by atoms with Crippen molar-refractivity contribution in [3.8, 4) is 0 Å². The minimum Gasteiger partial charge on any atom is -0.481 e. The van der Waals surface area contributed by atoms with Gasteiger partial charge in [-0.3, -0.25) is 4.79 Å². The van der Waals surface area contributed by atoms with Gasteiger partial charge in [-0.25, -0.2) is 0 Å². The summed E-state index contributed by atoms with van der Waals surface area (Å²) < 4.78 is 0. The van der Waals surface area contributed by atoms with Crippen LogP contribution in [0.5, 0.6) is 0 Å². The van der Waals surface area contributed by atoms with Gasteiger partial charge in [-0.1, -0.05) is 13.8 Å². The number of thioether (sulfide) groups is 1. The van der Waals surface area contributed by atoms with E-state index in [1.54, 1.807) is 25.6 Å². The molecular formula is C9H18O2S. The Kier molecular flexibility index (Phi) is 3.63. The Labute approximate surface area is 78.7 Å². The van der Waals surface area contributed by atoms with Crippen LogP contribution in [0.3, 0.4) is 0 Å². The largest absolute Gasteiger partial charge is 0.481 e. The van der Waals surface area contributed by atoms with Gasteiger partial charge in [0.15, 0.2) is 0 Å². The Morgan fingerprint density at radius 2 is 1.75 bits per heavy atom. The highest BCUT2D eigenvalue weighted by molar-refractivity contribution is 7.98. The first-order valence-corrected chi connectivity index (χ1v) is 5.37. The average Bonchev–Trinajstić information content (AvgIpc) is 1.86. The van der Waals surface area contributed by atoms with Crippen molar-refractivity contribution in [1.82, 2.24) is 0 Å². The molecule has 0 aromatic carbocycles. The van der Waals surface area contributed by atoms with E-state index < -0.39 is 11.4 Å². The number of hydrogen-bond acceptors (Lipinski definition) is 2. The third-order valence-corrected chi connectivity index (χ3v) is 3.74. The van der Waals surface area contributed by atoms with Gasteiger partial charge in [0.1, 0.15) is 0 Å². The minimum absolute atomic E-state index is 0.168. The number of carbonyl (C=O) groups is 1. The topological polar surface area (TPSA) is 37.3 Å². The molecule has 0 bridgehead atoms. The molecule has 0 radical (unpaired) electrons. The van der Waals surface area contributed by atoms with E-state index in [0.717, 1.165) is 5.75 Å². The zero-order chi connectivity index (χ0) is 9.99. The van der Waals surface area contributed by atoms with Gasteiger partial charge in [0.2, 0.25) is 0 Å². The maximum absolute atomic E-state index is 10.9. The number of carboxylic acids is 1. The lowest BCUT2D eigenvalue weighted by Crippen LogP contribution is -2.41. The number of carboxylic acid groups (broad SMARTS) is 1. The molecule has 0 fully saturated rings. The molecule has 12 heavy (non-hydrogen) atoms. The molecule has 3 heteroatoms. The molecule has 0 atom stereocenters. The monoisotopic (exact) mass is 190 g/mol. The van der Waals surface area contributed by atoms with Gasteiger partial charge in [-0.05, 0) is 31.3 Å². The molecule has 0 aliphatic rings. The first-order chi connectivity index (χ1) is 5.25. The summed E-state index contributed by atoms with van der Waals surface area (Å²) in [6.45, 7) is 7.56. The smallest absolute Gasteiger partial charge is 0.309 e. The van der Waals surface area contributed by atoms with E-state index in [1.807, 2.05) is 20.1 Å². The van der Waals surface area contributed by atoms with Gasteiger partial charge >= 0.3 is 5.97 Å². The van der Waals surface area contributed by atoms with Crippen LogP contribution >= 0.6 is 11.8 Å². The van der Waals surface area contributed by atoms with Gasteiger partial charge in [0.05, 0.1) is 5.41 Å². The van der Waals surface area contributed by atoms with Crippen LogP contribution in [0.2, 0.25) is 0 Å². The molecule has 72 valence electrons. The van der Waals surface area contributed by atoms with Crippen molar-refractivity contribution in [2.24, 2.45) is 10.8 Å². The third-order valence-electron chi connectivity index (χ3n) is 2.73. The predicted octanol–water partition coefficient (Wildman–Crippen LogP) is 2.49. The zero-order valence-electron chi connectivity index (χ0n) is 8.47. The Morgan fingerprint density at radius 1 is 1.33 bits per heavy atom. The molecule has 0 aromatic heterocycles. The lowest BCUT2D eigenvalue weighted by molar-refractivity contribution is -0.152. The van der Waals surface area contributed by atoms with Crippen LogP contribution in [-0.2, 0) is 4.79 Å². The molecule has 1 N–H and O–H groups in total. The van der Waals surface area contributed by atoms with Crippen LogP contribution in [0.1, 0.15) is 27.7 Å². The Balaban J connectivity index is 4.62. The van der Waals surface area contributed by atoms with Crippen molar-refractivity contribution >= 4 is 17.7 Å². The molecular weight excluding hydrogens is 172 g/mol. The van der Waals surface area contributed by atoms with Crippen molar-refractivity contribution in [3.05, 3.63) is 0 Å². The highest BCUT2D eigenvalue weighted by Gasteiger charge is 2.42. The van der Waals surface area contributed by atoms with E-state index in [9.17, 15) is 4.79 Å². The third kappa shape index (κ3) is 2.16. The molecule has 2 nitrogen and oxygen atoms in total. The summed E-state index contributed by atoms with van der Waals surface area (Å²) in [7, 11) is 0. The molecule has 0 heterocycles. The summed E-state index contributed by atoms with van der Waals surface area (Å²) in [5.74, 6) is 0.147. The SMILES string of the molecule is CSCC(C)(C)C(C)(C)C(=O)O. The quantitative estimate of drug-likeness (QED) is 0.740. The van der Waals surface area contributed by atoms with Gasteiger partial charge < -0.3 is 5.11 Å². The second kappa shape index (κ2) is 3.69. The first-order valence-electron chi connectivity index (χ1n) is 3.98. The maximum atomic E-state index is 10.9. The lowest BCUT2D eigenvalue weighted by Gasteiger charge is -2.37. The van der Waals surface area contributed by atoms with Gasteiger partial charge in [0, 0.05) is 0 Å². The Hall–Kier alpha value is -0.180. The standard InChI is InChI=1S/C9H18O2S/c1-8(2,6-12-5)9(3,4)7(10)11/h6H2,1-5H3,(H,10,11). The second-order valence-electron chi connectivity index (χ2n) is 4.25. The van der Waals surface area contributed by atoms with Gasteiger partial charge in [-0.2, -0.15) is 11.8 Å². The Morgan fingerprint density at radius 3 is 2.00 bits per heavy atom. The summed E-state index contributed by atoms with van der Waals surface area (Å²) in [4.78, 5) is 10.9. The molecule has 0 saturated heterocycles. The predicted molar refractivity (Wildman–Crippen MR) is 53.6 cm³/mol. The summed E-state index contributed by atoms with van der Waals surface area (Å²) in [6.07, 6.45) is 2.00. The van der Waals surface area contributed by atoms with Crippen LogP contribution in [0.15, 0.2) is 0 Å². The van der Waals surface area contributed by atoms with E-state index >= 15 is 0 Å². The van der Waals surface area contributed by atoms with E-state index in [2.05, 4.69) is 0 Å². The molecule has 0 saturated carbocycles. The van der Waals surface area contributed by atoms with Crippen LogP contribution in [-0.4, -0.2) is 23.1 Å². The lowest BCUT2D eigenvalue weighted by atomic mass is 9.69. The summed E-state index contributed by atoms with van der Waals surface area (Å²) in [5.41, 5.74) is -0.825. The first kappa shape index (κ1) is 11.8. The summed E-state index contributed by atoms with van der Waals surface area (Å²) >= 11 is 1.69. The molecule has 0 unspecified atom stereocenters. The van der Waals surface area contributed by atoms with Crippen LogP contribution in [0.25, 0.3) is 0 Å². The molecule has 0 aromatic rings. The second-order valence-corrected chi connectivity index (χ2v) is 5.11. The number of aliphatic carboxylic acids is 1. The highest BCUT2D eigenvalue weighted by Crippen LogP contribution is 2.40. The molecule has 0 aliphatic heterocycles. The van der Waals surface area contributed by atoms with Crippen LogP contribution in [0.4, 0.5) is 0 Å². The minimum atomic E-state index is -0.721. The highest BCUT2D eigenvalue weighted by atomic mass is 32.2. The van der Waals surface area contributed by atoms with Crippen LogP contribution in [0, 0.1) is 10.8 Å².